The Balaban J connectivity index is 0.000000612. The van der Waals surface area contributed by atoms with E-state index in [1.165, 1.54) is 0 Å². The molecule has 0 unspecified atom stereocenters. The average molecular weight is 429 g/mol. The number of hydrogen-bond acceptors (Lipinski definition) is 6. The third-order valence-corrected chi connectivity index (χ3v) is 4.35. The lowest BCUT2D eigenvalue weighted by Crippen LogP contribution is -2.40. The second-order valence-electron chi connectivity index (χ2n) is 6.24. The van der Waals surface area contributed by atoms with E-state index in [1.807, 2.05) is 24.3 Å². The molecular formula is C20H29ClN2O6. The number of aliphatic carboxylic acids is 2. The predicted octanol–water partition coefficient (Wildman–Crippen LogP) is 1.91. The van der Waals surface area contributed by atoms with Crippen LogP contribution in [0.3, 0.4) is 0 Å². The zero-order valence-corrected chi connectivity index (χ0v) is 17.2. The molecule has 8 nitrogen and oxygen atoms in total. The molecule has 0 aromatic heterocycles. The SMILES string of the molecule is C=CCc1cccc(Cl)c1OCCCNCCN1CCOCC1.O=C(O)C(=O)O. The Kier molecular flexibility index (Phi) is 12.7. The maximum Gasteiger partial charge on any atom is 0.414 e. The molecule has 1 saturated heterocycles. The Morgan fingerprint density at radius 3 is 2.55 bits per heavy atom. The summed E-state index contributed by atoms with van der Waals surface area (Å²) in [5.41, 5.74) is 1.09. The molecular weight excluding hydrogens is 400 g/mol. The Morgan fingerprint density at radius 1 is 1.24 bits per heavy atom. The molecule has 1 aromatic rings. The number of carboxylic acids is 2. The number of allylic oxidation sites excluding steroid dienone is 1. The van der Waals surface area contributed by atoms with Crippen LogP contribution in [0.25, 0.3) is 0 Å². The van der Waals surface area contributed by atoms with E-state index in [4.69, 9.17) is 40.9 Å². The van der Waals surface area contributed by atoms with Crippen LogP contribution < -0.4 is 10.1 Å². The van der Waals surface area contributed by atoms with Crippen molar-refractivity contribution in [2.45, 2.75) is 12.8 Å². The normalized spacial score (nSPS) is 13.8. The second-order valence-corrected chi connectivity index (χ2v) is 6.64. The number of carboxylic acid groups (broad SMARTS) is 2. The van der Waals surface area contributed by atoms with E-state index in [9.17, 15) is 0 Å². The quantitative estimate of drug-likeness (QED) is 0.294. The number of carbonyl (C=O) groups is 2. The maximum atomic E-state index is 9.10. The monoisotopic (exact) mass is 428 g/mol. The zero-order chi connectivity index (χ0) is 21.5. The standard InChI is InChI=1S/C18H27ClN2O2.C2H2O4/c1-2-5-16-6-3-7-17(19)18(16)23-13-4-8-20-9-10-21-11-14-22-15-12-21;3-1(4)2(5)6/h2-3,6-7,20H,1,4-5,8-15H2;(H,3,4)(H,5,6). The lowest BCUT2D eigenvalue weighted by Gasteiger charge is -2.26. The van der Waals surface area contributed by atoms with Crippen molar-refractivity contribution in [3.63, 3.8) is 0 Å². The highest BCUT2D eigenvalue weighted by atomic mass is 35.5. The highest BCUT2D eigenvalue weighted by Gasteiger charge is 2.09. The van der Waals surface area contributed by atoms with Crippen molar-refractivity contribution in [1.82, 2.24) is 10.2 Å². The number of hydrogen-bond donors (Lipinski definition) is 3. The van der Waals surface area contributed by atoms with Crippen LogP contribution in [-0.2, 0) is 20.7 Å². The van der Waals surface area contributed by atoms with Gasteiger partial charge in [0.15, 0.2) is 0 Å². The van der Waals surface area contributed by atoms with E-state index >= 15 is 0 Å². The minimum atomic E-state index is -1.82. The summed E-state index contributed by atoms with van der Waals surface area (Å²) in [7, 11) is 0. The first-order valence-electron chi connectivity index (χ1n) is 9.43. The first-order valence-corrected chi connectivity index (χ1v) is 9.81. The van der Waals surface area contributed by atoms with Gasteiger partial charge in [-0.05, 0) is 31.0 Å². The molecule has 162 valence electrons. The highest BCUT2D eigenvalue weighted by Crippen LogP contribution is 2.29. The Morgan fingerprint density at radius 2 is 1.93 bits per heavy atom. The van der Waals surface area contributed by atoms with Crippen molar-refractivity contribution >= 4 is 23.5 Å². The van der Waals surface area contributed by atoms with Crippen molar-refractivity contribution in [3.05, 3.63) is 41.4 Å². The molecule has 1 fully saturated rings. The number of ether oxygens (including phenoxy) is 2. The van der Waals surface area contributed by atoms with Gasteiger partial charge in [-0.1, -0.05) is 29.8 Å². The largest absolute Gasteiger partial charge is 0.492 e. The molecule has 0 bridgehead atoms. The number of halogens is 1. The van der Waals surface area contributed by atoms with Crippen molar-refractivity contribution in [2.24, 2.45) is 0 Å². The first kappa shape index (κ1) is 24.9. The van der Waals surface area contributed by atoms with Gasteiger partial charge >= 0.3 is 11.9 Å². The van der Waals surface area contributed by atoms with Crippen LogP contribution in [0.2, 0.25) is 5.02 Å². The number of para-hydroxylation sites is 1. The van der Waals surface area contributed by atoms with Gasteiger partial charge in [-0.3, -0.25) is 4.90 Å². The third-order valence-electron chi connectivity index (χ3n) is 4.05. The molecule has 1 aliphatic rings. The number of morpholine rings is 1. The number of benzene rings is 1. The molecule has 1 heterocycles. The highest BCUT2D eigenvalue weighted by molar-refractivity contribution is 6.32. The van der Waals surface area contributed by atoms with Gasteiger partial charge in [-0.15, -0.1) is 6.58 Å². The molecule has 0 saturated carbocycles. The Labute approximate surface area is 176 Å². The lowest BCUT2D eigenvalue weighted by molar-refractivity contribution is -0.159. The molecule has 9 heteroatoms. The van der Waals surface area contributed by atoms with Crippen molar-refractivity contribution in [3.8, 4) is 5.75 Å². The fraction of sp³-hybridized carbons (Fsp3) is 0.500. The van der Waals surface area contributed by atoms with Crippen LogP contribution in [0.15, 0.2) is 30.9 Å². The zero-order valence-electron chi connectivity index (χ0n) is 16.4. The van der Waals surface area contributed by atoms with Gasteiger partial charge in [0.25, 0.3) is 0 Å². The van der Waals surface area contributed by atoms with E-state index in [2.05, 4.69) is 16.8 Å². The van der Waals surface area contributed by atoms with E-state index in [0.717, 1.165) is 70.1 Å². The van der Waals surface area contributed by atoms with Crippen LogP contribution in [-0.4, -0.2) is 79.6 Å². The lowest BCUT2D eigenvalue weighted by atomic mass is 10.1. The van der Waals surface area contributed by atoms with Gasteiger partial charge in [0.1, 0.15) is 5.75 Å². The summed E-state index contributed by atoms with van der Waals surface area (Å²) in [6.45, 7) is 11.3. The van der Waals surface area contributed by atoms with Crippen molar-refractivity contribution < 1.29 is 29.3 Å². The van der Waals surface area contributed by atoms with Gasteiger partial charge in [-0.2, -0.15) is 0 Å². The molecule has 1 aromatic carbocycles. The number of nitrogens with one attached hydrogen (secondary N) is 1. The topological polar surface area (TPSA) is 108 Å². The first-order chi connectivity index (χ1) is 14.0. The summed E-state index contributed by atoms with van der Waals surface area (Å²) < 4.78 is 11.2. The summed E-state index contributed by atoms with van der Waals surface area (Å²) >= 11 is 6.22. The fourth-order valence-corrected chi connectivity index (χ4v) is 2.84. The van der Waals surface area contributed by atoms with E-state index in [-0.39, 0.29) is 0 Å². The molecule has 29 heavy (non-hydrogen) atoms. The predicted molar refractivity (Wildman–Crippen MR) is 111 cm³/mol. The molecule has 2 rings (SSSR count). The van der Waals surface area contributed by atoms with Gasteiger partial charge in [0.05, 0.1) is 24.8 Å². The molecule has 0 radical (unpaired) electrons. The van der Waals surface area contributed by atoms with Crippen molar-refractivity contribution in [1.29, 1.82) is 0 Å². The van der Waals surface area contributed by atoms with Crippen LogP contribution >= 0.6 is 11.6 Å². The summed E-state index contributed by atoms with van der Waals surface area (Å²) in [6, 6.07) is 5.84. The molecule has 0 aliphatic carbocycles. The van der Waals surface area contributed by atoms with Crippen molar-refractivity contribution in [2.75, 3.05) is 52.5 Å². The molecule has 0 atom stereocenters. The Bertz CT molecular complexity index is 638. The molecule has 3 N–H and O–H groups in total. The smallest absolute Gasteiger partial charge is 0.414 e. The number of nitrogens with zero attached hydrogens (tertiary/aromatic N) is 1. The second kappa shape index (κ2) is 14.8. The molecule has 0 amide bonds. The molecule has 1 aliphatic heterocycles. The van der Waals surface area contributed by atoms with Gasteiger partial charge < -0.3 is 25.0 Å². The minimum Gasteiger partial charge on any atom is -0.492 e. The fourth-order valence-electron chi connectivity index (χ4n) is 2.59. The third kappa shape index (κ3) is 10.8. The maximum absolute atomic E-state index is 9.10. The summed E-state index contributed by atoms with van der Waals surface area (Å²) in [5, 5.41) is 18.9. The van der Waals surface area contributed by atoms with E-state index < -0.39 is 11.9 Å². The van der Waals surface area contributed by atoms with Gasteiger partial charge in [0, 0.05) is 26.2 Å². The van der Waals surface area contributed by atoms with E-state index in [0.29, 0.717) is 11.6 Å². The van der Waals surface area contributed by atoms with Crippen LogP contribution in [0.5, 0.6) is 5.75 Å². The summed E-state index contributed by atoms with van der Waals surface area (Å²) in [4.78, 5) is 20.6. The van der Waals surface area contributed by atoms with E-state index in [1.54, 1.807) is 0 Å². The average Bonchev–Trinajstić information content (AvgIpc) is 2.70. The van der Waals surface area contributed by atoms with Gasteiger partial charge in [-0.25, -0.2) is 9.59 Å². The van der Waals surface area contributed by atoms with Crippen LogP contribution in [0.4, 0.5) is 0 Å². The van der Waals surface area contributed by atoms with Crippen LogP contribution in [0, 0.1) is 0 Å². The van der Waals surface area contributed by atoms with Gasteiger partial charge in [0.2, 0.25) is 0 Å². The Hall–Kier alpha value is -2.13. The summed E-state index contributed by atoms with van der Waals surface area (Å²) in [6.07, 6.45) is 3.60. The minimum absolute atomic E-state index is 0.665. The number of rotatable bonds is 10. The van der Waals surface area contributed by atoms with Crippen LogP contribution in [0.1, 0.15) is 12.0 Å². The molecule has 0 spiro atoms. The summed E-state index contributed by atoms with van der Waals surface area (Å²) in [5.74, 6) is -2.85.